The van der Waals surface area contributed by atoms with Crippen molar-refractivity contribution < 1.29 is 18.9 Å². The van der Waals surface area contributed by atoms with E-state index in [2.05, 4.69) is 26.3 Å². The van der Waals surface area contributed by atoms with Crippen LogP contribution in [0.25, 0.3) is 10.9 Å². The van der Waals surface area contributed by atoms with Gasteiger partial charge in [-0.25, -0.2) is 0 Å². The molecule has 5 rings (SSSR count). The minimum atomic E-state index is 0.425. The molecule has 9 heteroatoms. The third-order valence-corrected chi connectivity index (χ3v) is 6.25. The molecular formula is C29H29N5O4. The van der Waals surface area contributed by atoms with Gasteiger partial charge < -0.3 is 24.3 Å². The van der Waals surface area contributed by atoms with Crippen LogP contribution in [-0.4, -0.2) is 61.4 Å². The van der Waals surface area contributed by atoms with Crippen LogP contribution in [0, 0.1) is 11.3 Å². The average molecular weight is 512 g/mol. The summed E-state index contributed by atoms with van der Waals surface area (Å²) in [5.41, 5.74) is 2.58. The summed E-state index contributed by atoms with van der Waals surface area (Å²) in [6.45, 7) is 5.02. The van der Waals surface area contributed by atoms with Crippen molar-refractivity contribution in [3.63, 3.8) is 0 Å². The normalized spacial score (nSPS) is 13.6. The third kappa shape index (κ3) is 6.11. The van der Waals surface area contributed by atoms with Crippen LogP contribution >= 0.6 is 0 Å². The van der Waals surface area contributed by atoms with E-state index in [1.807, 2.05) is 48.5 Å². The van der Waals surface area contributed by atoms with Gasteiger partial charge in [-0.3, -0.25) is 14.9 Å². The molecule has 0 atom stereocenters. The van der Waals surface area contributed by atoms with Crippen LogP contribution in [0.4, 0.5) is 11.4 Å². The molecule has 0 unspecified atom stereocenters. The van der Waals surface area contributed by atoms with Crippen molar-refractivity contribution in [2.24, 2.45) is 0 Å². The van der Waals surface area contributed by atoms with Gasteiger partial charge in [-0.05, 0) is 48.9 Å². The summed E-state index contributed by atoms with van der Waals surface area (Å²) in [6, 6.07) is 17.1. The van der Waals surface area contributed by atoms with E-state index in [4.69, 9.17) is 18.9 Å². The number of nitriles is 1. The lowest BCUT2D eigenvalue weighted by Gasteiger charge is -2.26. The Balaban J connectivity index is 1.32. The van der Waals surface area contributed by atoms with Gasteiger partial charge in [-0.2, -0.15) is 5.26 Å². The van der Waals surface area contributed by atoms with Crippen LogP contribution in [0.2, 0.25) is 0 Å². The Kier molecular flexibility index (Phi) is 8.13. The van der Waals surface area contributed by atoms with E-state index < -0.39 is 0 Å². The molecule has 194 valence electrons. The van der Waals surface area contributed by atoms with Crippen LogP contribution in [0.5, 0.6) is 23.0 Å². The molecule has 1 N–H and O–H groups in total. The van der Waals surface area contributed by atoms with Gasteiger partial charge >= 0.3 is 0 Å². The van der Waals surface area contributed by atoms with Crippen molar-refractivity contribution >= 4 is 22.3 Å². The summed E-state index contributed by atoms with van der Waals surface area (Å²) in [6.07, 6.45) is 5.82. The van der Waals surface area contributed by atoms with Gasteiger partial charge in [-0.1, -0.05) is 0 Å². The van der Waals surface area contributed by atoms with Gasteiger partial charge in [0.1, 0.15) is 17.6 Å². The molecule has 4 aromatic rings. The third-order valence-electron chi connectivity index (χ3n) is 6.25. The summed E-state index contributed by atoms with van der Waals surface area (Å²) >= 11 is 0. The standard InChI is InChI=1S/C29H29N5O4/c1-35-27-16-25-26(17-28(27)37-13-3-10-34-11-14-36-15-12-34)32-19-21(18-30)29(25)33-22-5-7-23(8-6-22)38-24-4-2-9-31-20-24/h2,4-9,16-17,19-20H,3,10-15H2,1H3,(H,32,33). The highest BCUT2D eigenvalue weighted by molar-refractivity contribution is 5.97. The van der Waals surface area contributed by atoms with E-state index in [-0.39, 0.29) is 0 Å². The van der Waals surface area contributed by atoms with E-state index in [9.17, 15) is 5.26 Å². The summed E-state index contributed by atoms with van der Waals surface area (Å²) in [4.78, 5) is 11.0. The Labute approximate surface area is 221 Å². The first-order valence-electron chi connectivity index (χ1n) is 12.5. The Morgan fingerprint density at radius 2 is 1.89 bits per heavy atom. The van der Waals surface area contributed by atoms with Gasteiger partial charge in [0.25, 0.3) is 0 Å². The lowest BCUT2D eigenvalue weighted by molar-refractivity contribution is 0.0357. The van der Waals surface area contributed by atoms with Gasteiger partial charge in [0, 0.05) is 49.2 Å². The Bertz CT molecular complexity index is 1400. The quantitative estimate of drug-likeness (QED) is 0.290. The zero-order valence-electron chi connectivity index (χ0n) is 21.2. The Morgan fingerprint density at radius 1 is 1.05 bits per heavy atom. The van der Waals surface area contributed by atoms with Crippen molar-refractivity contribution in [3.8, 4) is 29.1 Å². The zero-order chi connectivity index (χ0) is 26.2. The van der Waals surface area contributed by atoms with Crippen LogP contribution in [-0.2, 0) is 4.74 Å². The van der Waals surface area contributed by atoms with Crippen LogP contribution in [0.3, 0.4) is 0 Å². The summed E-state index contributed by atoms with van der Waals surface area (Å²) < 4.78 is 23.0. The zero-order valence-corrected chi connectivity index (χ0v) is 21.2. The predicted octanol–water partition coefficient (Wildman–Crippen LogP) is 5.15. The Morgan fingerprint density at radius 3 is 2.63 bits per heavy atom. The smallest absolute Gasteiger partial charge is 0.163 e. The number of methoxy groups -OCH3 is 1. The second kappa shape index (κ2) is 12.2. The number of aromatic nitrogens is 2. The number of fused-ring (bicyclic) bond motifs is 1. The minimum absolute atomic E-state index is 0.425. The van der Waals surface area contributed by atoms with Crippen molar-refractivity contribution in [1.29, 1.82) is 5.26 Å². The number of morpholine rings is 1. The molecule has 1 saturated heterocycles. The first-order valence-corrected chi connectivity index (χ1v) is 12.5. The van der Waals surface area contributed by atoms with E-state index in [0.717, 1.165) is 50.3 Å². The topological polar surface area (TPSA) is 102 Å². The maximum absolute atomic E-state index is 9.77. The molecule has 0 spiro atoms. The molecule has 9 nitrogen and oxygen atoms in total. The second-order valence-corrected chi connectivity index (χ2v) is 8.78. The number of ether oxygens (including phenoxy) is 4. The highest BCUT2D eigenvalue weighted by Gasteiger charge is 2.15. The molecule has 3 heterocycles. The number of benzene rings is 2. The number of rotatable bonds is 10. The first kappa shape index (κ1) is 25.3. The number of nitrogens with zero attached hydrogens (tertiary/aromatic N) is 4. The molecular weight excluding hydrogens is 482 g/mol. The second-order valence-electron chi connectivity index (χ2n) is 8.78. The number of nitrogens with one attached hydrogen (secondary N) is 1. The Hall–Kier alpha value is -4.39. The highest BCUT2D eigenvalue weighted by Crippen LogP contribution is 2.37. The SMILES string of the molecule is COc1cc2c(Nc3ccc(Oc4cccnc4)cc3)c(C#N)cnc2cc1OCCCN1CCOCC1. The molecule has 0 aliphatic carbocycles. The fourth-order valence-electron chi connectivity index (χ4n) is 4.28. The van der Waals surface area contributed by atoms with Gasteiger partial charge in [0.15, 0.2) is 11.5 Å². The maximum atomic E-state index is 9.77. The number of anilines is 2. The van der Waals surface area contributed by atoms with Gasteiger partial charge in [-0.15, -0.1) is 0 Å². The molecule has 2 aromatic heterocycles. The van der Waals surface area contributed by atoms with E-state index in [0.29, 0.717) is 46.4 Å². The molecule has 1 fully saturated rings. The van der Waals surface area contributed by atoms with Crippen molar-refractivity contribution in [2.75, 3.05) is 51.9 Å². The minimum Gasteiger partial charge on any atom is -0.493 e. The number of pyridine rings is 2. The molecule has 1 aliphatic rings. The molecule has 0 bridgehead atoms. The maximum Gasteiger partial charge on any atom is 0.163 e. The fourth-order valence-corrected chi connectivity index (χ4v) is 4.28. The first-order chi connectivity index (χ1) is 18.7. The lowest BCUT2D eigenvalue weighted by atomic mass is 10.1. The average Bonchev–Trinajstić information content (AvgIpc) is 2.97. The molecule has 2 aromatic carbocycles. The van der Waals surface area contributed by atoms with Crippen molar-refractivity contribution in [3.05, 3.63) is 72.7 Å². The van der Waals surface area contributed by atoms with Crippen molar-refractivity contribution in [2.45, 2.75) is 6.42 Å². The lowest BCUT2D eigenvalue weighted by Crippen LogP contribution is -2.37. The molecule has 1 aliphatic heterocycles. The highest BCUT2D eigenvalue weighted by atomic mass is 16.5. The summed E-state index contributed by atoms with van der Waals surface area (Å²) in [7, 11) is 1.61. The summed E-state index contributed by atoms with van der Waals surface area (Å²) in [5.74, 6) is 2.55. The molecule has 0 radical (unpaired) electrons. The predicted molar refractivity (Wildman–Crippen MR) is 144 cm³/mol. The van der Waals surface area contributed by atoms with Gasteiger partial charge in [0.2, 0.25) is 0 Å². The number of hydrogen-bond acceptors (Lipinski definition) is 9. The van der Waals surface area contributed by atoms with E-state index in [1.165, 1.54) is 0 Å². The van der Waals surface area contributed by atoms with Crippen LogP contribution in [0.1, 0.15) is 12.0 Å². The number of hydrogen-bond donors (Lipinski definition) is 1. The summed E-state index contributed by atoms with van der Waals surface area (Å²) in [5, 5.41) is 13.9. The van der Waals surface area contributed by atoms with Crippen LogP contribution in [0.15, 0.2) is 67.1 Å². The van der Waals surface area contributed by atoms with Crippen molar-refractivity contribution in [1.82, 2.24) is 14.9 Å². The fraction of sp³-hybridized carbons (Fsp3) is 0.276. The molecule has 38 heavy (non-hydrogen) atoms. The van der Waals surface area contributed by atoms with E-state index >= 15 is 0 Å². The van der Waals surface area contributed by atoms with E-state index in [1.54, 1.807) is 25.7 Å². The van der Waals surface area contributed by atoms with Crippen LogP contribution < -0.4 is 19.5 Å². The van der Waals surface area contributed by atoms with Gasteiger partial charge in [0.05, 0.1) is 49.9 Å². The monoisotopic (exact) mass is 511 g/mol. The molecule has 0 saturated carbocycles. The largest absolute Gasteiger partial charge is 0.493 e. The molecule has 0 amide bonds.